The van der Waals surface area contributed by atoms with Crippen molar-refractivity contribution >= 4 is 11.6 Å². The van der Waals surface area contributed by atoms with Crippen LogP contribution in [0.5, 0.6) is 0 Å². The van der Waals surface area contributed by atoms with E-state index in [0.29, 0.717) is 6.54 Å². The molecule has 0 spiro atoms. The summed E-state index contributed by atoms with van der Waals surface area (Å²) < 4.78 is 0. The Kier molecular flexibility index (Phi) is 5.61. The first kappa shape index (κ1) is 17.6. The highest BCUT2D eigenvalue weighted by molar-refractivity contribution is 5.86. The second-order valence-corrected chi connectivity index (χ2v) is 6.13. The van der Waals surface area contributed by atoms with E-state index in [1.165, 1.54) is 0 Å². The summed E-state index contributed by atoms with van der Waals surface area (Å²) in [4.78, 5) is 18.5. The minimum atomic E-state index is -0.576. The standard InChI is InChI=1S/C21H21N3O2/c1-24(15-16-7-6-12-22-14-16)19-11-5-10-18(13-19)20(21(25)23-26)17-8-3-2-4-9-17/h2-14,20,26H,15H2,1H3,(H,23,25). The van der Waals surface area contributed by atoms with Crippen LogP contribution >= 0.6 is 0 Å². The summed E-state index contributed by atoms with van der Waals surface area (Å²) in [7, 11) is 2.00. The van der Waals surface area contributed by atoms with Gasteiger partial charge in [0.05, 0.1) is 5.92 Å². The van der Waals surface area contributed by atoms with Crippen LogP contribution in [0.4, 0.5) is 5.69 Å². The van der Waals surface area contributed by atoms with Crippen molar-refractivity contribution in [3.63, 3.8) is 0 Å². The molecule has 26 heavy (non-hydrogen) atoms. The average molecular weight is 347 g/mol. The number of nitrogens with one attached hydrogen (secondary N) is 1. The van der Waals surface area contributed by atoms with E-state index in [1.54, 1.807) is 11.7 Å². The predicted molar refractivity (Wildman–Crippen MR) is 101 cm³/mol. The van der Waals surface area contributed by atoms with Crippen molar-refractivity contribution in [2.24, 2.45) is 0 Å². The average Bonchev–Trinajstić information content (AvgIpc) is 2.70. The number of amides is 1. The number of hydrogen-bond donors (Lipinski definition) is 2. The van der Waals surface area contributed by atoms with Gasteiger partial charge >= 0.3 is 0 Å². The number of carbonyl (C=O) groups excluding carboxylic acids is 1. The molecular weight excluding hydrogens is 326 g/mol. The topological polar surface area (TPSA) is 65.5 Å². The lowest BCUT2D eigenvalue weighted by Gasteiger charge is -2.22. The van der Waals surface area contributed by atoms with Gasteiger partial charge in [0.1, 0.15) is 0 Å². The Morgan fingerprint density at radius 2 is 1.85 bits per heavy atom. The van der Waals surface area contributed by atoms with E-state index in [0.717, 1.165) is 22.4 Å². The van der Waals surface area contributed by atoms with Crippen LogP contribution in [0.2, 0.25) is 0 Å². The number of nitrogens with zero attached hydrogens (tertiary/aromatic N) is 2. The van der Waals surface area contributed by atoms with Gasteiger partial charge in [0.2, 0.25) is 0 Å². The van der Waals surface area contributed by atoms with Crippen molar-refractivity contribution in [2.75, 3.05) is 11.9 Å². The molecule has 0 radical (unpaired) electrons. The van der Waals surface area contributed by atoms with Gasteiger partial charge in [-0.2, -0.15) is 0 Å². The lowest BCUT2D eigenvalue weighted by Crippen LogP contribution is -2.27. The fourth-order valence-electron chi connectivity index (χ4n) is 3.00. The third kappa shape index (κ3) is 4.07. The molecule has 0 bridgehead atoms. The Balaban J connectivity index is 1.90. The molecule has 1 amide bonds. The van der Waals surface area contributed by atoms with Crippen LogP contribution < -0.4 is 10.4 Å². The highest BCUT2D eigenvalue weighted by Gasteiger charge is 2.22. The molecule has 0 saturated heterocycles. The first-order valence-corrected chi connectivity index (χ1v) is 8.38. The second kappa shape index (κ2) is 8.27. The summed E-state index contributed by atoms with van der Waals surface area (Å²) in [5.41, 5.74) is 5.52. The van der Waals surface area contributed by atoms with E-state index in [4.69, 9.17) is 0 Å². The molecule has 0 aliphatic heterocycles. The van der Waals surface area contributed by atoms with Gasteiger partial charge in [-0.05, 0) is 34.9 Å². The molecule has 2 N–H and O–H groups in total. The maximum atomic E-state index is 12.3. The molecule has 1 unspecified atom stereocenters. The maximum Gasteiger partial charge on any atom is 0.255 e. The normalized spacial score (nSPS) is 11.6. The molecule has 3 aromatic rings. The van der Waals surface area contributed by atoms with Crippen molar-refractivity contribution < 1.29 is 10.0 Å². The molecule has 5 nitrogen and oxygen atoms in total. The minimum Gasteiger partial charge on any atom is -0.370 e. The largest absolute Gasteiger partial charge is 0.370 e. The Labute approximate surface area is 152 Å². The lowest BCUT2D eigenvalue weighted by molar-refractivity contribution is -0.129. The first-order valence-electron chi connectivity index (χ1n) is 8.38. The van der Waals surface area contributed by atoms with Crippen molar-refractivity contribution in [1.29, 1.82) is 0 Å². The predicted octanol–water partition coefficient (Wildman–Crippen LogP) is 3.36. The molecule has 5 heteroatoms. The van der Waals surface area contributed by atoms with Crippen LogP contribution in [0.1, 0.15) is 22.6 Å². The number of rotatable bonds is 6. The van der Waals surface area contributed by atoms with Gasteiger partial charge in [0.25, 0.3) is 5.91 Å². The van der Waals surface area contributed by atoms with E-state index in [9.17, 15) is 10.0 Å². The van der Waals surface area contributed by atoms with Crippen molar-refractivity contribution in [1.82, 2.24) is 10.5 Å². The summed E-state index contributed by atoms with van der Waals surface area (Å²) in [5.74, 6) is -1.03. The van der Waals surface area contributed by atoms with Crippen molar-refractivity contribution in [3.8, 4) is 0 Å². The number of carbonyl (C=O) groups is 1. The summed E-state index contributed by atoms with van der Waals surface area (Å²) in [5, 5.41) is 9.18. The third-order valence-corrected chi connectivity index (χ3v) is 4.29. The van der Waals surface area contributed by atoms with Crippen LogP contribution in [-0.2, 0) is 11.3 Å². The zero-order valence-electron chi connectivity index (χ0n) is 14.5. The molecule has 0 saturated carbocycles. The number of hydrogen-bond acceptors (Lipinski definition) is 4. The van der Waals surface area contributed by atoms with Crippen LogP contribution in [0, 0.1) is 0 Å². The van der Waals surface area contributed by atoms with Gasteiger partial charge in [-0.1, -0.05) is 48.5 Å². The number of hydroxylamine groups is 1. The highest BCUT2D eigenvalue weighted by Crippen LogP contribution is 2.28. The molecule has 1 atom stereocenters. The molecule has 132 valence electrons. The maximum absolute atomic E-state index is 12.3. The van der Waals surface area contributed by atoms with E-state index < -0.39 is 11.8 Å². The first-order chi connectivity index (χ1) is 12.7. The van der Waals surface area contributed by atoms with Gasteiger partial charge in [0, 0.05) is 31.7 Å². The molecular formula is C21H21N3O2. The third-order valence-electron chi connectivity index (χ3n) is 4.29. The highest BCUT2D eigenvalue weighted by atomic mass is 16.5. The van der Waals surface area contributed by atoms with Gasteiger partial charge < -0.3 is 4.90 Å². The fraction of sp³-hybridized carbons (Fsp3) is 0.143. The smallest absolute Gasteiger partial charge is 0.255 e. The molecule has 0 fully saturated rings. The van der Waals surface area contributed by atoms with E-state index in [1.807, 2.05) is 80.0 Å². The van der Waals surface area contributed by atoms with Crippen LogP contribution in [0.25, 0.3) is 0 Å². The SMILES string of the molecule is CN(Cc1cccnc1)c1cccc(C(C(=O)NO)c2ccccc2)c1. The Hall–Kier alpha value is -3.18. The van der Waals surface area contributed by atoms with Crippen molar-refractivity contribution in [2.45, 2.75) is 12.5 Å². The summed E-state index contributed by atoms with van der Waals surface area (Å²) in [6, 6.07) is 21.2. The van der Waals surface area contributed by atoms with Crippen LogP contribution in [0.3, 0.4) is 0 Å². The quantitative estimate of drug-likeness (QED) is 0.530. The van der Waals surface area contributed by atoms with Crippen LogP contribution in [-0.4, -0.2) is 23.1 Å². The molecule has 0 aliphatic rings. The molecule has 1 aromatic heterocycles. The zero-order chi connectivity index (χ0) is 18.4. The van der Waals surface area contributed by atoms with Crippen molar-refractivity contribution in [3.05, 3.63) is 95.8 Å². The molecule has 1 heterocycles. The monoisotopic (exact) mass is 347 g/mol. The molecule has 2 aromatic carbocycles. The van der Waals surface area contributed by atoms with E-state index >= 15 is 0 Å². The summed E-state index contributed by atoms with van der Waals surface area (Å²) >= 11 is 0. The number of aromatic nitrogens is 1. The van der Waals surface area contributed by atoms with E-state index in [2.05, 4.69) is 9.88 Å². The van der Waals surface area contributed by atoms with Gasteiger partial charge in [-0.25, -0.2) is 5.48 Å². The summed E-state index contributed by atoms with van der Waals surface area (Å²) in [6.07, 6.45) is 3.59. The minimum absolute atomic E-state index is 0.455. The van der Waals surface area contributed by atoms with Gasteiger partial charge in [-0.15, -0.1) is 0 Å². The second-order valence-electron chi connectivity index (χ2n) is 6.13. The molecule has 0 aliphatic carbocycles. The number of benzene rings is 2. The fourth-order valence-corrected chi connectivity index (χ4v) is 3.00. The van der Waals surface area contributed by atoms with Crippen LogP contribution in [0.15, 0.2) is 79.1 Å². The zero-order valence-corrected chi connectivity index (χ0v) is 14.5. The number of anilines is 1. The Bertz CT molecular complexity index is 853. The Morgan fingerprint density at radius 3 is 2.54 bits per heavy atom. The van der Waals surface area contributed by atoms with Gasteiger partial charge in [-0.3, -0.25) is 15.0 Å². The Morgan fingerprint density at radius 1 is 1.08 bits per heavy atom. The number of pyridine rings is 1. The van der Waals surface area contributed by atoms with E-state index in [-0.39, 0.29) is 0 Å². The summed E-state index contributed by atoms with van der Waals surface area (Å²) in [6.45, 7) is 0.708. The lowest BCUT2D eigenvalue weighted by atomic mass is 9.90. The molecule has 3 rings (SSSR count). The van der Waals surface area contributed by atoms with Gasteiger partial charge in [0.15, 0.2) is 0 Å².